The number of fused-ring (bicyclic) bond motifs is 1. The molecule has 7 nitrogen and oxygen atoms in total. The molecule has 1 N–H and O–H groups in total. The van der Waals surface area contributed by atoms with Crippen molar-refractivity contribution in [3.8, 4) is 11.8 Å². The number of carbonyl (C=O) groups excluding carboxylic acids is 1. The van der Waals surface area contributed by atoms with Crippen molar-refractivity contribution in [3.05, 3.63) is 17.9 Å². The van der Waals surface area contributed by atoms with E-state index in [2.05, 4.69) is 10.3 Å². The maximum atomic E-state index is 14.7. The summed E-state index contributed by atoms with van der Waals surface area (Å²) < 4.78 is 57.7. The van der Waals surface area contributed by atoms with Gasteiger partial charge >= 0.3 is 0 Å². The number of nitrogens with one attached hydrogen (secondary N) is 1. The number of alkyl halides is 2. The van der Waals surface area contributed by atoms with Gasteiger partial charge in [0, 0.05) is 20.0 Å². The topological polar surface area (TPSA) is 74.6 Å². The molecule has 1 aromatic carbocycles. The molecule has 1 atom stereocenters. The lowest BCUT2D eigenvalue weighted by Crippen LogP contribution is -2.37. The second-order valence-corrected chi connectivity index (χ2v) is 7.85. The normalized spacial score (nSPS) is 20.1. The van der Waals surface area contributed by atoms with Crippen LogP contribution in [0.4, 0.5) is 13.2 Å². The Kier molecular flexibility index (Phi) is 7.64. The van der Waals surface area contributed by atoms with Crippen molar-refractivity contribution in [2.24, 2.45) is 7.05 Å². The SMILES string of the molecule is CC(=O)N[C@@H](C)CO[C@H]1CC[C@H](Oc2nc3ccc(OCC(F)F)c(F)c3n2C)CC1. The van der Waals surface area contributed by atoms with Gasteiger partial charge in [-0.25, -0.2) is 13.2 Å². The first kappa shape index (κ1) is 23.2. The summed E-state index contributed by atoms with van der Waals surface area (Å²) in [6.07, 6.45) is 0.460. The highest BCUT2D eigenvalue weighted by Gasteiger charge is 2.26. The highest BCUT2D eigenvalue weighted by atomic mass is 19.3. The first-order chi connectivity index (χ1) is 14.7. The molecule has 172 valence electrons. The number of carbonyl (C=O) groups is 1. The minimum absolute atomic E-state index is 0.0454. The molecular formula is C21H28F3N3O4. The molecule has 3 rings (SSSR count). The van der Waals surface area contributed by atoms with Gasteiger partial charge in [-0.2, -0.15) is 4.98 Å². The molecule has 0 spiro atoms. The molecule has 2 aromatic rings. The molecule has 1 fully saturated rings. The molecule has 1 aliphatic rings. The number of aromatic nitrogens is 2. The fourth-order valence-corrected chi connectivity index (χ4v) is 3.72. The highest BCUT2D eigenvalue weighted by molar-refractivity contribution is 5.79. The number of halogens is 3. The zero-order chi connectivity index (χ0) is 22.5. The number of amides is 1. The summed E-state index contributed by atoms with van der Waals surface area (Å²) in [5, 5.41) is 2.79. The summed E-state index contributed by atoms with van der Waals surface area (Å²) in [5.74, 6) is -1.07. The van der Waals surface area contributed by atoms with E-state index in [1.165, 1.54) is 23.6 Å². The Bertz CT molecular complexity index is 898. The maximum absolute atomic E-state index is 14.7. The quantitative estimate of drug-likeness (QED) is 0.641. The zero-order valence-electron chi connectivity index (χ0n) is 17.9. The fourth-order valence-electron chi connectivity index (χ4n) is 3.72. The Morgan fingerprint density at radius 2 is 1.90 bits per heavy atom. The smallest absolute Gasteiger partial charge is 0.297 e. The van der Waals surface area contributed by atoms with E-state index in [9.17, 15) is 18.0 Å². The molecule has 1 heterocycles. The molecule has 1 amide bonds. The molecule has 0 saturated heterocycles. The molecule has 0 radical (unpaired) electrons. The maximum Gasteiger partial charge on any atom is 0.297 e. The van der Waals surface area contributed by atoms with Gasteiger partial charge in [0.1, 0.15) is 18.2 Å². The third-order valence-corrected chi connectivity index (χ3v) is 5.19. The van der Waals surface area contributed by atoms with Crippen LogP contribution in [-0.4, -0.2) is 53.3 Å². The van der Waals surface area contributed by atoms with E-state index in [0.29, 0.717) is 12.1 Å². The van der Waals surface area contributed by atoms with Crippen LogP contribution in [0, 0.1) is 5.82 Å². The van der Waals surface area contributed by atoms with E-state index in [1.54, 1.807) is 7.05 Å². The summed E-state index contributed by atoms with van der Waals surface area (Å²) in [6, 6.07) is 3.04. The second-order valence-electron chi connectivity index (χ2n) is 7.85. The van der Waals surface area contributed by atoms with Crippen molar-refractivity contribution in [2.45, 2.75) is 64.2 Å². The van der Waals surface area contributed by atoms with E-state index in [4.69, 9.17) is 14.2 Å². The summed E-state index contributed by atoms with van der Waals surface area (Å²) in [5.41, 5.74) is 0.508. The predicted molar refractivity (Wildman–Crippen MR) is 108 cm³/mol. The van der Waals surface area contributed by atoms with Crippen molar-refractivity contribution in [1.82, 2.24) is 14.9 Å². The molecule has 0 unspecified atom stereocenters. The average Bonchev–Trinajstić information content (AvgIpc) is 3.02. The van der Waals surface area contributed by atoms with Crippen LogP contribution < -0.4 is 14.8 Å². The van der Waals surface area contributed by atoms with Crippen LogP contribution in [0.2, 0.25) is 0 Å². The van der Waals surface area contributed by atoms with Crippen molar-refractivity contribution in [1.29, 1.82) is 0 Å². The van der Waals surface area contributed by atoms with Crippen molar-refractivity contribution >= 4 is 16.9 Å². The lowest BCUT2D eigenvalue weighted by Gasteiger charge is -2.29. The van der Waals surface area contributed by atoms with E-state index in [0.717, 1.165) is 25.7 Å². The van der Waals surface area contributed by atoms with Gasteiger partial charge in [-0.3, -0.25) is 9.36 Å². The molecule has 1 aromatic heterocycles. The van der Waals surface area contributed by atoms with Crippen LogP contribution in [0.5, 0.6) is 11.8 Å². The van der Waals surface area contributed by atoms with Crippen LogP contribution in [-0.2, 0) is 16.6 Å². The van der Waals surface area contributed by atoms with Crippen LogP contribution in [0.3, 0.4) is 0 Å². The first-order valence-corrected chi connectivity index (χ1v) is 10.4. The van der Waals surface area contributed by atoms with E-state index < -0.39 is 18.8 Å². The number of hydrogen-bond donors (Lipinski definition) is 1. The van der Waals surface area contributed by atoms with Gasteiger partial charge in [0.25, 0.3) is 12.4 Å². The van der Waals surface area contributed by atoms with Gasteiger partial charge in [-0.15, -0.1) is 0 Å². The Morgan fingerprint density at radius 1 is 1.23 bits per heavy atom. The Labute approximate surface area is 178 Å². The van der Waals surface area contributed by atoms with Crippen molar-refractivity contribution < 1.29 is 32.2 Å². The molecule has 0 bridgehead atoms. The second kappa shape index (κ2) is 10.2. The zero-order valence-corrected chi connectivity index (χ0v) is 17.9. The van der Waals surface area contributed by atoms with Crippen LogP contribution >= 0.6 is 0 Å². The number of nitrogens with zero attached hydrogens (tertiary/aromatic N) is 2. The van der Waals surface area contributed by atoms with Gasteiger partial charge in [0.15, 0.2) is 11.6 Å². The monoisotopic (exact) mass is 443 g/mol. The number of ether oxygens (including phenoxy) is 3. The van der Waals surface area contributed by atoms with Gasteiger partial charge in [-0.1, -0.05) is 0 Å². The molecule has 0 aliphatic heterocycles. The molecule has 10 heteroatoms. The number of aryl methyl sites for hydroxylation is 1. The van der Waals surface area contributed by atoms with Gasteiger partial charge in [-0.05, 0) is 44.7 Å². The molecule has 1 saturated carbocycles. The summed E-state index contributed by atoms with van der Waals surface area (Å²) in [6.45, 7) is 2.95. The van der Waals surface area contributed by atoms with E-state index in [-0.39, 0.29) is 41.4 Å². The third-order valence-electron chi connectivity index (χ3n) is 5.19. The summed E-state index contributed by atoms with van der Waals surface area (Å²) >= 11 is 0. The lowest BCUT2D eigenvalue weighted by atomic mass is 9.95. The summed E-state index contributed by atoms with van der Waals surface area (Å²) in [7, 11) is 1.61. The molecule has 1 aliphatic carbocycles. The van der Waals surface area contributed by atoms with Crippen LogP contribution in [0.25, 0.3) is 11.0 Å². The standard InChI is InChI=1S/C21H28F3N3O4/c1-12(25-13(2)28)10-29-14-4-6-15(7-5-14)31-21-26-16-8-9-17(30-11-18(22)23)19(24)20(16)27(21)3/h8-9,12,14-15,18H,4-7,10-11H2,1-3H3,(H,25,28)/t12-,14-,15-/m0/s1. The van der Waals surface area contributed by atoms with Crippen molar-refractivity contribution in [3.63, 3.8) is 0 Å². The number of imidazole rings is 1. The van der Waals surface area contributed by atoms with Crippen LogP contribution in [0.15, 0.2) is 12.1 Å². The largest absolute Gasteiger partial charge is 0.484 e. The van der Waals surface area contributed by atoms with E-state index >= 15 is 0 Å². The van der Waals surface area contributed by atoms with Gasteiger partial charge < -0.3 is 19.5 Å². The summed E-state index contributed by atoms with van der Waals surface area (Å²) in [4.78, 5) is 15.4. The number of rotatable bonds is 9. The molecular weight excluding hydrogens is 415 g/mol. The number of benzene rings is 1. The molecule has 31 heavy (non-hydrogen) atoms. The minimum Gasteiger partial charge on any atom is -0.484 e. The Balaban J connectivity index is 1.57. The highest BCUT2D eigenvalue weighted by Crippen LogP contribution is 2.31. The average molecular weight is 443 g/mol. The van der Waals surface area contributed by atoms with Gasteiger partial charge in [0.05, 0.1) is 18.2 Å². The fraction of sp³-hybridized carbons (Fsp3) is 0.619. The van der Waals surface area contributed by atoms with Gasteiger partial charge in [0.2, 0.25) is 5.91 Å². The van der Waals surface area contributed by atoms with Crippen LogP contribution in [0.1, 0.15) is 39.5 Å². The number of hydrogen-bond acceptors (Lipinski definition) is 5. The Hall–Kier alpha value is -2.49. The third kappa shape index (κ3) is 6.03. The predicted octanol–water partition coefficient (Wildman–Crippen LogP) is 3.59. The Morgan fingerprint density at radius 3 is 2.55 bits per heavy atom. The lowest BCUT2D eigenvalue weighted by molar-refractivity contribution is -0.120. The first-order valence-electron chi connectivity index (χ1n) is 10.4. The van der Waals surface area contributed by atoms with E-state index in [1.807, 2.05) is 6.92 Å². The van der Waals surface area contributed by atoms with Crippen molar-refractivity contribution in [2.75, 3.05) is 13.2 Å². The minimum atomic E-state index is -2.69.